The first-order chi connectivity index (χ1) is 17.0. The number of furan rings is 1. The van der Waals surface area contributed by atoms with Crippen LogP contribution in [0.5, 0.6) is 0 Å². The van der Waals surface area contributed by atoms with Crippen LogP contribution in [0.25, 0.3) is 27.7 Å². The summed E-state index contributed by atoms with van der Waals surface area (Å²) in [5.74, 6) is 0.220. The molecule has 9 heteroatoms. The average molecular weight is 483 g/mol. The molecule has 0 saturated carbocycles. The molecule has 6 aromatic rings. The van der Waals surface area contributed by atoms with Crippen LogP contribution in [-0.2, 0) is 16.4 Å². The fourth-order valence-corrected chi connectivity index (χ4v) is 5.47. The minimum absolute atomic E-state index is 0.120. The molecule has 0 saturated heterocycles. The number of fused-ring (bicyclic) bond motifs is 4. The van der Waals surface area contributed by atoms with Crippen molar-refractivity contribution in [3.63, 3.8) is 0 Å². The lowest BCUT2D eigenvalue weighted by molar-refractivity contribution is 0.0950. The van der Waals surface area contributed by atoms with E-state index in [4.69, 9.17) is 4.42 Å². The fourth-order valence-electron chi connectivity index (χ4n) is 4.06. The molecule has 0 unspecified atom stereocenters. The van der Waals surface area contributed by atoms with E-state index in [9.17, 15) is 13.2 Å². The molecule has 0 spiro atoms. The van der Waals surface area contributed by atoms with Crippen molar-refractivity contribution >= 4 is 43.5 Å². The highest BCUT2D eigenvalue weighted by atomic mass is 32.2. The van der Waals surface area contributed by atoms with Crippen molar-refractivity contribution in [3.8, 4) is 0 Å². The maximum Gasteiger partial charge on any atom is 0.254 e. The van der Waals surface area contributed by atoms with Gasteiger partial charge in [-0.1, -0.05) is 42.5 Å². The van der Waals surface area contributed by atoms with Gasteiger partial charge in [-0.2, -0.15) is 0 Å². The van der Waals surface area contributed by atoms with Crippen LogP contribution in [0, 0.1) is 0 Å². The van der Waals surface area contributed by atoms with E-state index in [1.165, 1.54) is 18.3 Å². The summed E-state index contributed by atoms with van der Waals surface area (Å²) in [6.45, 7) is 0.236. The molecule has 0 aliphatic heterocycles. The molecule has 8 nitrogen and oxygen atoms in total. The number of carbonyl (C=O) groups excluding carboxylic acids is 1. The minimum Gasteiger partial charge on any atom is -0.455 e. The van der Waals surface area contributed by atoms with Gasteiger partial charge in [0, 0.05) is 42.1 Å². The van der Waals surface area contributed by atoms with E-state index in [1.54, 1.807) is 47.3 Å². The zero-order valence-corrected chi connectivity index (χ0v) is 19.1. The summed E-state index contributed by atoms with van der Waals surface area (Å²) in [6.07, 6.45) is 6.43. The number of amides is 1. The van der Waals surface area contributed by atoms with E-state index < -0.39 is 9.84 Å². The van der Waals surface area contributed by atoms with Crippen LogP contribution >= 0.6 is 0 Å². The highest BCUT2D eigenvalue weighted by Crippen LogP contribution is 2.35. The standard InChI is InChI=1S/C26H18N4O4S/c31-25(18-15-29-26-27-12-13-30(26)16-18)28-14-17-8-10-19(11-9-17)35(32,33)23-7-3-5-21-20-4-1-2-6-22(20)34-24(21)23/h1-13,15-16H,14H2,(H,28,31). The van der Waals surface area contributed by atoms with Crippen LogP contribution in [-0.4, -0.2) is 28.7 Å². The lowest BCUT2D eigenvalue weighted by atomic mass is 10.1. The Kier molecular flexibility index (Phi) is 4.85. The summed E-state index contributed by atoms with van der Waals surface area (Å²) in [5.41, 5.74) is 2.14. The third-order valence-electron chi connectivity index (χ3n) is 5.85. The second-order valence-electron chi connectivity index (χ2n) is 8.04. The van der Waals surface area contributed by atoms with E-state index in [0.29, 0.717) is 22.5 Å². The van der Waals surface area contributed by atoms with Crippen LogP contribution in [0.4, 0.5) is 0 Å². The number of aromatic nitrogens is 3. The van der Waals surface area contributed by atoms with Crippen molar-refractivity contribution in [1.82, 2.24) is 19.7 Å². The molecule has 6 rings (SSSR count). The summed E-state index contributed by atoms with van der Waals surface area (Å²) in [6, 6.07) is 19.0. The first-order valence-corrected chi connectivity index (χ1v) is 12.3. The number of sulfone groups is 1. The SMILES string of the molecule is O=C(NCc1ccc(S(=O)(=O)c2cccc3c2oc2ccccc23)cc1)c1cnc2nccn2c1. The molecule has 1 amide bonds. The third kappa shape index (κ3) is 3.62. The largest absolute Gasteiger partial charge is 0.455 e. The molecule has 172 valence electrons. The lowest BCUT2D eigenvalue weighted by Gasteiger charge is -2.08. The van der Waals surface area contributed by atoms with Gasteiger partial charge in [-0.15, -0.1) is 0 Å². The van der Waals surface area contributed by atoms with Crippen LogP contribution in [0.1, 0.15) is 15.9 Å². The molecule has 0 radical (unpaired) electrons. The number of hydrogen-bond acceptors (Lipinski definition) is 6. The van der Waals surface area contributed by atoms with Crippen LogP contribution in [0.15, 0.2) is 106 Å². The second-order valence-corrected chi connectivity index (χ2v) is 9.96. The lowest BCUT2D eigenvalue weighted by Crippen LogP contribution is -2.23. The Hall–Kier alpha value is -4.50. The summed E-state index contributed by atoms with van der Waals surface area (Å²) in [5, 5.41) is 4.45. The topological polar surface area (TPSA) is 107 Å². The van der Waals surface area contributed by atoms with Crippen molar-refractivity contribution in [2.75, 3.05) is 0 Å². The number of nitrogens with one attached hydrogen (secondary N) is 1. The van der Waals surface area contributed by atoms with Gasteiger partial charge < -0.3 is 9.73 Å². The third-order valence-corrected chi connectivity index (χ3v) is 7.65. The molecular formula is C26H18N4O4S. The van der Waals surface area contributed by atoms with Gasteiger partial charge in [0.25, 0.3) is 5.91 Å². The number of benzene rings is 3. The van der Waals surface area contributed by atoms with Crippen molar-refractivity contribution in [2.45, 2.75) is 16.3 Å². The Morgan fingerprint density at radius 2 is 1.74 bits per heavy atom. The smallest absolute Gasteiger partial charge is 0.254 e. The summed E-state index contributed by atoms with van der Waals surface area (Å²) in [7, 11) is -3.82. The molecule has 0 aliphatic rings. The normalized spacial score (nSPS) is 11.9. The molecule has 0 fully saturated rings. The number of imidazole rings is 1. The van der Waals surface area contributed by atoms with Gasteiger partial charge >= 0.3 is 0 Å². The molecular weight excluding hydrogens is 464 g/mol. The van der Waals surface area contributed by atoms with Gasteiger partial charge in [0.1, 0.15) is 10.5 Å². The van der Waals surface area contributed by atoms with E-state index in [0.717, 1.165) is 16.3 Å². The molecule has 0 bridgehead atoms. The zero-order valence-electron chi connectivity index (χ0n) is 18.3. The van der Waals surface area contributed by atoms with Crippen molar-refractivity contribution in [2.24, 2.45) is 0 Å². The zero-order chi connectivity index (χ0) is 24.0. The average Bonchev–Trinajstić information content (AvgIpc) is 3.51. The van der Waals surface area contributed by atoms with E-state index in [2.05, 4.69) is 15.3 Å². The van der Waals surface area contributed by atoms with E-state index in [1.807, 2.05) is 30.3 Å². The molecule has 3 heterocycles. The number of rotatable bonds is 5. The predicted octanol–water partition coefficient (Wildman–Crippen LogP) is 4.39. The molecule has 3 aromatic carbocycles. The van der Waals surface area contributed by atoms with Gasteiger partial charge in [-0.25, -0.2) is 18.4 Å². The quantitative estimate of drug-likeness (QED) is 0.391. The van der Waals surface area contributed by atoms with Crippen molar-refractivity contribution < 1.29 is 17.6 Å². The van der Waals surface area contributed by atoms with Gasteiger partial charge in [-0.3, -0.25) is 9.20 Å². The van der Waals surface area contributed by atoms with Crippen LogP contribution < -0.4 is 5.32 Å². The maximum atomic E-state index is 13.4. The molecule has 0 aliphatic carbocycles. The molecule has 0 atom stereocenters. The summed E-state index contributed by atoms with van der Waals surface area (Å²) >= 11 is 0. The van der Waals surface area contributed by atoms with E-state index >= 15 is 0 Å². The van der Waals surface area contributed by atoms with E-state index in [-0.39, 0.29) is 22.2 Å². The number of para-hydroxylation sites is 2. The number of hydrogen-bond donors (Lipinski definition) is 1. The second kappa shape index (κ2) is 8.07. The fraction of sp³-hybridized carbons (Fsp3) is 0.0385. The van der Waals surface area contributed by atoms with Gasteiger partial charge in [0.05, 0.1) is 10.5 Å². The summed E-state index contributed by atoms with van der Waals surface area (Å²) < 4.78 is 34.4. The van der Waals surface area contributed by atoms with Gasteiger partial charge in [-0.05, 0) is 29.8 Å². The van der Waals surface area contributed by atoms with Gasteiger partial charge in [0.2, 0.25) is 15.6 Å². The first kappa shape index (κ1) is 21.1. The predicted molar refractivity (Wildman–Crippen MR) is 130 cm³/mol. The van der Waals surface area contributed by atoms with Crippen LogP contribution in [0.3, 0.4) is 0 Å². The highest BCUT2D eigenvalue weighted by Gasteiger charge is 2.23. The number of carbonyl (C=O) groups is 1. The molecule has 35 heavy (non-hydrogen) atoms. The van der Waals surface area contributed by atoms with Crippen molar-refractivity contribution in [3.05, 3.63) is 103 Å². The number of nitrogens with zero attached hydrogens (tertiary/aromatic N) is 3. The first-order valence-electron chi connectivity index (χ1n) is 10.8. The Balaban J connectivity index is 1.24. The molecule has 3 aromatic heterocycles. The van der Waals surface area contributed by atoms with Crippen molar-refractivity contribution in [1.29, 1.82) is 0 Å². The monoisotopic (exact) mass is 482 g/mol. The summed E-state index contributed by atoms with van der Waals surface area (Å²) in [4.78, 5) is 21.0. The minimum atomic E-state index is -3.82. The van der Waals surface area contributed by atoms with Crippen LogP contribution in [0.2, 0.25) is 0 Å². The Morgan fingerprint density at radius 1 is 0.943 bits per heavy atom. The molecule has 1 N–H and O–H groups in total. The maximum absolute atomic E-state index is 13.4. The highest BCUT2D eigenvalue weighted by molar-refractivity contribution is 7.91. The Bertz CT molecular complexity index is 1840. The van der Waals surface area contributed by atoms with Gasteiger partial charge in [0.15, 0.2) is 5.58 Å². The Labute approximate surface area is 199 Å². The Morgan fingerprint density at radius 3 is 2.60 bits per heavy atom.